The van der Waals surface area contributed by atoms with E-state index in [1.807, 2.05) is 76.2 Å². The first-order chi connectivity index (χ1) is 12.4. The zero-order valence-electron chi connectivity index (χ0n) is 15.5. The van der Waals surface area contributed by atoms with Crippen molar-refractivity contribution in [1.29, 1.82) is 0 Å². The molecule has 1 aromatic heterocycles. The van der Waals surface area contributed by atoms with Crippen molar-refractivity contribution in [1.82, 2.24) is 15.5 Å². The molecule has 3 rings (SSSR count). The van der Waals surface area contributed by atoms with Crippen molar-refractivity contribution < 1.29 is 9.32 Å². The second kappa shape index (κ2) is 7.52. The maximum atomic E-state index is 12.6. The Morgan fingerprint density at radius 2 is 1.77 bits per heavy atom. The summed E-state index contributed by atoms with van der Waals surface area (Å²) in [6, 6.07) is 15.0. The lowest BCUT2D eigenvalue weighted by atomic mass is 10.0. The fraction of sp³-hybridized carbons (Fsp3) is 0.286. The van der Waals surface area contributed by atoms with Crippen LogP contribution in [0, 0.1) is 19.8 Å². The van der Waals surface area contributed by atoms with E-state index in [4.69, 9.17) is 4.52 Å². The van der Waals surface area contributed by atoms with E-state index in [1.165, 1.54) is 0 Å². The van der Waals surface area contributed by atoms with E-state index in [1.54, 1.807) is 0 Å². The van der Waals surface area contributed by atoms with E-state index in [-0.39, 0.29) is 17.9 Å². The van der Waals surface area contributed by atoms with Crippen molar-refractivity contribution in [2.45, 2.75) is 33.7 Å². The number of aromatic nitrogens is 2. The number of rotatable bonds is 5. The summed E-state index contributed by atoms with van der Waals surface area (Å²) in [4.78, 5) is 17.1. The molecule has 1 N–H and O–H groups in total. The maximum Gasteiger partial charge on any atom is 0.251 e. The van der Waals surface area contributed by atoms with Crippen LogP contribution in [0.15, 0.2) is 53.1 Å². The topological polar surface area (TPSA) is 68.0 Å². The maximum absolute atomic E-state index is 12.6. The number of nitrogens with one attached hydrogen (secondary N) is 1. The van der Waals surface area contributed by atoms with Gasteiger partial charge in [0.1, 0.15) is 6.04 Å². The molecule has 0 saturated carbocycles. The molecule has 3 aromatic rings. The summed E-state index contributed by atoms with van der Waals surface area (Å²) >= 11 is 0. The van der Waals surface area contributed by atoms with E-state index < -0.39 is 0 Å². The van der Waals surface area contributed by atoms with Crippen molar-refractivity contribution in [3.63, 3.8) is 0 Å². The van der Waals surface area contributed by atoms with Crippen LogP contribution in [0.2, 0.25) is 0 Å². The molecule has 1 atom stereocenters. The van der Waals surface area contributed by atoms with E-state index in [0.717, 1.165) is 16.7 Å². The molecule has 0 aliphatic heterocycles. The van der Waals surface area contributed by atoms with Gasteiger partial charge in [0.25, 0.3) is 5.91 Å². The highest BCUT2D eigenvalue weighted by atomic mass is 16.5. The van der Waals surface area contributed by atoms with Gasteiger partial charge in [0, 0.05) is 11.1 Å². The van der Waals surface area contributed by atoms with E-state index in [2.05, 4.69) is 15.5 Å². The molecule has 0 saturated heterocycles. The van der Waals surface area contributed by atoms with Crippen LogP contribution in [-0.4, -0.2) is 16.0 Å². The number of carbonyl (C=O) groups excluding carboxylic acids is 1. The van der Waals surface area contributed by atoms with Crippen LogP contribution in [0.1, 0.15) is 47.3 Å². The number of aryl methyl sites for hydroxylation is 2. The molecule has 134 valence electrons. The Kier molecular flexibility index (Phi) is 5.16. The first-order valence-corrected chi connectivity index (χ1v) is 8.72. The Balaban J connectivity index is 1.82. The van der Waals surface area contributed by atoms with Gasteiger partial charge in [0.05, 0.1) is 0 Å². The van der Waals surface area contributed by atoms with Crippen molar-refractivity contribution in [2.75, 3.05) is 0 Å². The quantitative estimate of drug-likeness (QED) is 0.737. The minimum absolute atomic E-state index is 0.107. The Labute approximate surface area is 153 Å². The highest BCUT2D eigenvalue weighted by Crippen LogP contribution is 2.24. The molecule has 0 bridgehead atoms. The molecule has 1 amide bonds. The predicted octanol–water partition coefficient (Wildman–Crippen LogP) is 4.48. The molecule has 0 spiro atoms. The Morgan fingerprint density at radius 1 is 1.04 bits per heavy atom. The number of benzene rings is 2. The highest BCUT2D eigenvalue weighted by Gasteiger charge is 2.25. The summed E-state index contributed by atoms with van der Waals surface area (Å²) in [6.45, 7) is 8.03. The predicted molar refractivity (Wildman–Crippen MR) is 101 cm³/mol. The van der Waals surface area contributed by atoms with Gasteiger partial charge in [-0.15, -0.1) is 0 Å². The molecule has 0 aliphatic rings. The second-order valence-electron chi connectivity index (χ2n) is 6.89. The zero-order valence-corrected chi connectivity index (χ0v) is 15.5. The molecule has 5 nitrogen and oxygen atoms in total. The zero-order chi connectivity index (χ0) is 18.7. The third kappa shape index (κ3) is 3.99. The van der Waals surface area contributed by atoms with Crippen LogP contribution in [0.5, 0.6) is 0 Å². The first kappa shape index (κ1) is 17.9. The second-order valence-corrected chi connectivity index (χ2v) is 6.89. The fourth-order valence-electron chi connectivity index (χ4n) is 2.71. The number of hydrogen-bond acceptors (Lipinski definition) is 4. The van der Waals surface area contributed by atoms with E-state index in [0.29, 0.717) is 17.3 Å². The molecule has 2 aromatic carbocycles. The summed E-state index contributed by atoms with van der Waals surface area (Å²) in [5, 5.41) is 7.09. The molecule has 1 unspecified atom stereocenters. The van der Waals surface area contributed by atoms with Crippen molar-refractivity contribution in [3.05, 3.63) is 71.1 Å². The van der Waals surface area contributed by atoms with Gasteiger partial charge in [-0.2, -0.15) is 4.98 Å². The van der Waals surface area contributed by atoms with Crippen LogP contribution in [0.3, 0.4) is 0 Å². The number of nitrogens with zero attached hydrogens (tertiary/aromatic N) is 2. The van der Waals surface area contributed by atoms with Crippen LogP contribution < -0.4 is 5.32 Å². The SMILES string of the molecule is Cc1ccc(C(=O)NC(c2nc(-c3cccc(C)c3)no2)C(C)C)cc1. The summed E-state index contributed by atoms with van der Waals surface area (Å²) < 4.78 is 5.46. The standard InChI is InChI=1S/C21H23N3O2/c1-13(2)18(22-20(25)16-10-8-14(3)9-11-16)21-23-19(24-26-21)17-7-5-6-15(4)12-17/h5-13,18H,1-4H3,(H,22,25). The number of amides is 1. The van der Waals surface area contributed by atoms with Gasteiger partial charge in [0.15, 0.2) is 0 Å². The third-order valence-corrected chi connectivity index (χ3v) is 4.25. The molecule has 0 radical (unpaired) electrons. The lowest BCUT2D eigenvalue weighted by Gasteiger charge is -2.18. The summed E-state index contributed by atoms with van der Waals surface area (Å²) in [5.41, 5.74) is 3.75. The van der Waals surface area contributed by atoms with Crippen molar-refractivity contribution >= 4 is 5.91 Å². The highest BCUT2D eigenvalue weighted by molar-refractivity contribution is 5.94. The fourth-order valence-corrected chi connectivity index (χ4v) is 2.71. The van der Waals surface area contributed by atoms with Gasteiger partial charge in [-0.05, 0) is 38.0 Å². The summed E-state index contributed by atoms with van der Waals surface area (Å²) in [7, 11) is 0. The minimum atomic E-state index is -0.352. The van der Waals surface area contributed by atoms with Crippen LogP contribution >= 0.6 is 0 Å². The lowest BCUT2D eigenvalue weighted by Crippen LogP contribution is -2.32. The Morgan fingerprint density at radius 3 is 2.42 bits per heavy atom. The van der Waals surface area contributed by atoms with Crippen molar-refractivity contribution in [3.8, 4) is 11.4 Å². The third-order valence-electron chi connectivity index (χ3n) is 4.25. The molecule has 26 heavy (non-hydrogen) atoms. The average molecular weight is 349 g/mol. The van der Waals surface area contributed by atoms with Crippen molar-refractivity contribution in [2.24, 2.45) is 5.92 Å². The Hall–Kier alpha value is -2.95. The van der Waals surface area contributed by atoms with Gasteiger partial charge < -0.3 is 9.84 Å². The van der Waals surface area contributed by atoms with Gasteiger partial charge in [0.2, 0.25) is 11.7 Å². The van der Waals surface area contributed by atoms with Crippen LogP contribution in [-0.2, 0) is 0 Å². The van der Waals surface area contributed by atoms with E-state index in [9.17, 15) is 4.79 Å². The lowest BCUT2D eigenvalue weighted by molar-refractivity contribution is 0.0914. The van der Waals surface area contributed by atoms with Crippen LogP contribution in [0.4, 0.5) is 0 Å². The molecule has 0 fully saturated rings. The van der Waals surface area contributed by atoms with Gasteiger partial charge in [-0.3, -0.25) is 4.79 Å². The van der Waals surface area contributed by atoms with Gasteiger partial charge in [-0.1, -0.05) is 60.5 Å². The number of carbonyl (C=O) groups is 1. The van der Waals surface area contributed by atoms with Gasteiger partial charge >= 0.3 is 0 Å². The Bertz CT molecular complexity index is 898. The minimum Gasteiger partial charge on any atom is -0.340 e. The average Bonchev–Trinajstić information content (AvgIpc) is 3.09. The van der Waals surface area contributed by atoms with Gasteiger partial charge in [-0.25, -0.2) is 0 Å². The number of hydrogen-bond donors (Lipinski definition) is 1. The molecule has 5 heteroatoms. The molecule has 0 aliphatic carbocycles. The first-order valence-electron chi connectivity index (χ1n) is 8.72. The summed E-state index contributed by atoms with van der Waals surface area (Å²) in [6.07, 6.45) is 0. The monoisotopic (exact) mass is 349 g/mol. The molecule has 1 heterocycles. The van der Waals surface area contributed by atoms with Crippen LogP contribution in [0.25, 0.3) is 11.4 Å². The smallest absolute Gasteiger partial charge is 0.251 e. The van der Waals surface area contributed by atoms with E-state index >= 15 is 0 Å². The molecular weight excluding hydrogens is 326 g/mol. The normalized spacial score (nSPS) is 12.2. The summed E-state index contributed by atoms with van der Waals surface area (Å²) in [5.74, 6) is 0.894. The molecular formula is C21H23N3O2. The largest absolute Gasteiger partial charge is 0.340 e.